The van der Waals surface area contributed by atoms with Crippen molar-refractivity contribution in [2.75, 3.05) is 11.9 Å². The normalized spacial score (nSPS) is 10.7. The fraction of sp³-hybridized carbons (Fsp3) is 0.261. The average molecular weight is 393 g/mol. The van der Waals surface area contributed by atoms with Crippen molar-refractivity contribution in [2.24, 2.45) is 0 Å². The summed E-state index contributed by atoms with van der Waals surface area (Å²) in [6, 6.07) is 12.9. The zero-order valence-electron chi connectivity index (χ0n) is 16.5. The van der Waals surface area contributed by atoms with E-state index in [0.717, 1.165) is 24.8 Å². The van der Waals surface area contributed by atoms with Gasteiger partial charge in [-0.2, -0.15) is 0 Å². The van der Waals surface area contributed by atoms with Gasteiger partial charge in [0.1, 0.15) is 5.58 Å². The molecule has 0 fully saturated rings. The lowest BCUT2D eigenvalue weighted by molar-refractivity contribution is 0.0499. The zero-order chi connectivity index (χ0) is 20.8. The van der Waals surface area contributed by atoms with Crippen LogP contribution in [-0.4, -0.2) is 18.5 Å². The van der Waals surface area contributed by atoms with Gasteiger partial charge in [0.2, 0.25) is 0 Å². The molecule has 2 aromatic carbocycles. The molecule has 1 aromatic heterocycles. The highest BCUT2D eigenvalue weighted by molar-refractivity contribution is 6.03. The number of fused-ring (bicyclic) bond motifs is 1. The predicted molar refractivity (Wildman–Crippen MR) is 111 cm³/mol. The Bertz CT molecular complexity index is 1080. The zero-order valence-corrected chi connectivity index (χ0v) is 16.5. The molecule has 0 radical (unpaired) electrons. The van der Waals surface area contributed by atoms with E-state index in [-0.39, 0.29) is 11.2 Å². The van der Waals surface area contributed by atoms with E-state index in [1.165, 1.54) is 6.07 Å². The first kappa shape index (κ1) is 20.3. The summed E-state index contributed by atoms with van der Waals surface area (Å²) < 4.78 is 10.8. The summed E-state index contributed by atoms with van der Waals surface area (Å²) in [5, 5.41) is 3.12. The van der Waals surface area contributed by atoms with Crippen molar-refractivity contribution in [3.05, 3.63) is 75.6 Å². The number of unbranched alkanes of at least 4 members (excludes halogenated alkanes) is 1. The SMILES string of the molecule is CCCCOC(=O)c1ccc(NC(=O)c2cc(=O)c3cc(CC)ccc3o2)cc1. The van der Waals surface area contributed by atoms with Crippen LogP contribution in [0, 0.1) is 0 Å². The fourth-order valence-electron chi connectivity index (χ4n) is 2.81. The van der Waals surface area contributed by atoms with Gasteiger partial charge in [0.25, 0.3) is 5.91 Å². The standard InChI is InChI=1S/C23H23NO5/c1-3-5-12-28-23(27)16-7-9-17(10-8-16)24-22(26)21-14-19(25)18-13-15(4-2)6-11-20(18)29-21/h6-11,13-14H,3-5,12H2,1-2H3,(H,24,26). The smallest absolute Gasteiger partial charge is 0.338 e. The van der Waals surface area contributed by atoms with Crippen molar-refractivity contribution in [3.63, 3.8) is 0 Å². The highest BCUT2D eigenvalue weighted by Crippen LogP contribution is 2.17. The van der Waals surface area contributed by atoms with Gasteiger partial charge >= 0.3 is 5.97 Å². The number of amides is 1. The Morgan fingerprint density at radius 1 is 1.03 bits per heavy atom. The number of hydrogen-bond acceptors (Lipinski definition) is 5. The number of carbonyl (C=O) groups is 2. The molecule has 6 heteroatoms. The van der Waals surface area contributed by atoms with Crippen LogP contribution < -0.4 is 10.7 Å². The maximum absolute atomic E-state index is 12.5. The van der Waals surface area contributed by atoms with Crippen LogP contribution in [-0.2, 0) is 11.2 Å². The lowest BCUT2D eigenvalue weighted by atomic mass is 10.1. The third kappa shape index (κ3) is 4.90. The second-order valence-electron chi connectivity index (χ2n) is 6.68. The highest BCUT2D eigenvalue weighted by atomic mass is 16.5. The molecule has 0 aliphatic heterocycles. The first-order valence-electron chi connectivity index (χ1n) is 9.67. The summed E-state index contributed by atoms with van der Waals surface area (Å²) in [6.45, 7) is 4.40. The van der Waals surface area contributed by atoms with Crippen molar-refractivity contribution in [2.45, 2.75) is 33.1 Å². The lowest BCUT2D eigenvalue weighted by Gasteiger charge is -2.07. The lowest BCUT2D eigenvalue weighted by Crippen LogP contribution is -2.15. The summed E-state index contributed by atoms with van der Waals surface area (Å²) in [5.41, 5.74) is 2.00. The third-order valence-electron chi connectivity index (χ3n) is 4.53. The van der Waals surface area contributed by atoms with E-state index in [2.05, 4.69) is 5.32 Å². The maximum Gasteiger partial charge on any atom is 0.338 e. The number of esters is 1. The predicted octanol–water partition coefficient (Wildman–Crippen LogP) is 4.56. The molecule has 0 spiro atoms. The first-order valence-corrected chi connectivity index (χ1v) is 9.67. The van der Waals surface area contributed by atoms with Crippen LogP contribution in [0.4, 0.5) is 5.69 Å². The van der Waals surface area contributed by atoms with Gasteiger partial charge in [-0.15, -0.1) is 0 Å². The quantitative estimate of drug-likeness (QED) is 0.470. The number of rotatable bonds is 7. The van der Waals surface area contributed by atoms with E-state index in [9.17, 15) is 14.4 Å². The Kier molecular flexibility index (Phi) is 6.44. The molecule has 0 aliphatic carbocycles. The van der Waals surface area contributed by atoms with Gasteiger partial charge in [-0.25, -0.2) is 4.79 Å². The second kappa shape index (κ2) is 9.19. The number of anilines is 1. The molecule has 6 nitrogen and oxygen atoms in total. The summed E-state index contributed by atoms with van der Waals surface area (Å²) in [7, 11) is 0. The second-order valence-corrected chi connectivity index (χ2v) is 6.68. The van der Waals surface area contributed by atoms with Crippen LogP contribution in [0.1, 0.15) is 53.2 Å². The molecule has 0 aliphatic rings. The Hall–Kier alpha value is -3.41. The van der Waals surface area contributed by atoms with Crippen LogP contribution in [0.15, 0.2) is 57.7 Å². The number of benzene rings is 2. The minimum atomic E-state index is -0.540. The number of ether oxygens (including phenoxy) is 1. The molecule has 29 heavy (non-hydrogen) atoms. The molecule has 0 saturated carbocycles. The molecular weight excluding hydrogens is 370 g/mol. The Balaban J connectivity index is 1.73. The number of hydrogen-bond donors (Lipinski definition) is 1. The Labute approximate surface area is 168 Å². The van der Waals surface area contributed by atoms with E-state index >= 15 is 0 Å². The molecular formula is C23H23NO5. The van der Waals surface area contributed by atoms with Gasteiger partial charge in [-0.1, -0.05) is 26.3 Å². The van der Waals surface area contributed by atoms with Gasteiger partial charge in [0, 0.05) is 11.8 Å². The molecule has 1 heterocycles. The molecule has 150 valence electrons. The summed E-state index contributed by atoms with van der Waals surface area (Å²) in [4.78, 5) is 36.8. The van der Waals surface area contributed by atoms with E-state index in [1.54, 1.807) is 36.4 Å². The number of aryl methyl sites for hydroxylation is 1. The van der Waals surface area contributed by atoms with E-state index < -0.39 is 11.9 Å². The van der Waals surface area contributed by atoms with E-state index in [4.69, 9.17) is 9.15 Å². The van der Waals surface area contributed by atoms with E-state index in [1.807, 2.05) is 19.9 Å². The van der Waals surface area contributed by atoms with Crippen LogP contribution in [0.3, 0.4) is 0 Å². The minimum absolute atomic E-state index is 0.0743. The summed E-state index contributed by atoms with van der Waals surface area (Å²) in [6.07, 6.45) is 2.57. The third-order valence-corrected chi connectivity index (χ3v) is 4.53. The van der Waals surface area contributed by atoms with Crippen molar-refractivity contribution in [3.8, 4) is 0 Å². The molecule has 3 aromatic rings. The maximum atomic E-state index is 12.5. The average Bonchev–Trinajstić information content (AvgIpc) is 2.74. The fourth-order valence-corrected chi connectivity index (χ4v) is 2.81. The highest BCUT2D eigenvalue weighted by Gasteiger charge is 2.14. The molecule has 3 rings (SSSR count). The van der Waals surface area contributed by atoms with Crippen LogP contribution in [0.2, 0.25) is 0 Å². The Morgan fingerprint density at radius 3 is 2.48 bits per heavy atom. The van der Waals surface area contributed by atoms with Crippen LogP contribution in [0.5, 0.6) is 0 Å². The van der Waals surface area contributed by atoms with Crippen molar-refractivity contribution in [1.82, 2.24) is 0 Å². The Morgan fingerprint density at radius 2 is 1.79 bits per heavy atom. The minimum Gasteiger partial charge on any atom is -0.462 e. The van der Waals surface area contributed by atoms with Gasteiger partial charge in [0.05, 0.1) is 17.6 Å². The summed E-state index contributed by atoms with van der Waals surface area (Å²) >= 11 is 0. The molecule has 0 unspecified atom stereocenters. The molecule has 0 bridgehead atoms. The molecule has 0 atom stereocenters. The first-order chi connectivity index (χ1) is 14.0. The van der Waals surface area contributed by atoms with Crippen LogP contribution >= 0.6 is 0 Å². The topological polar surface area (TPSA) is 85.6 Å². The number of nitrogens with one attached hydrogen (secondary N) is 1. The molecule has 0 saturated heterocycles. The van der Waals surface area contributed by atoms with Gasteiger partial charge in [0.15, 0.2) is 11.2 Å². The van der Waals surface area contributed by atoms with Crippen molar-refractivity contribution < 1.29 is 18.7 Å². The van der Waals surface area contributed by atoms with Gasteiger partial charge in [-0.3, -0.25) is 9.59 Å². The monoisotopic (exact) mass is 393 g/mol. The van der Waals surface area contributed by atoms with Gasteiger partial charge < -0.3 is 14.5 Å². The molecule has 1 N–H and O–H groups in total. The van der Waals surface area contributed by atoms with Crippen LogP contribution in [0.25, 0.3) is 11.0 Å². The van der Waals surface area contributed by atoms with E-state index in [0.29, 0.717) is 28.8 Å². The molecule has 1 amide bonds. The van der Waals surface area contributed by atoms with Gasteiger partial charge in [-0.05, 0) is 54.8 Å². The number of carbonyl (C=O) groups excluding carboxylic acids is 2. The van der Waals surface area contributed by atoms with Crippen molar-refractivity contribution >= 4 is 28.5 Å². The largest absolute Gasteiger partial charge is 0.462 e. The summed E-state index contributed by atoms with van der Waals surface area (Å²) in [5.74, 6) is -1.01. The van der Waals surface area contributed by atoms with Crippen molar-refractivity contribution in [1.29, 1.82) is 0 Å².